The van der Waals surface area contributed by atoms with Gasteiger partial charge in [0.25, 0.3) is 0 Å². The molecule has 2 N–H and O–H groups in total. The first-order valence-electron chi connectivity index (χ1n) is 8.18. The van der Waals surface area contributed by atoms with Gasteiger partial charge in [-0.3, -0.25) is 4.79 Å². The van der Waals surface area contributed by atoms with Crippen molar-refractivity contribution >= 4 is 11.5 Å². The Morgan fingerprint density at radius 3 is 2.30 bits per heavy atom. The van der Waals surface area contributed by atoms with Gasteiger partial charge in [0.2, 0.25) is 0 Å². The lowest BCUT2D eigenvalue weighted by Gasteiger charge is -2.20. The van der Waals surface area contributed by atoms with Gasteiger partial charge in [-0.1, -0.05) is 6.07 Å². The maximum absolute atomic E-state index is 12.7. The molecule has 4 heteroatoms. The summed E-state index contributed by atoms with van der Waals surface area (Å²) in [7, 11) is 0. The topological polar surface area (TPSA) is 52.6 Å². The molecule has 2 fully saturated rings. The second-order valence-corrected chi connectivity index (χ2v) is 6.87. The van der Waals surface area contributed by atoms with Crippen LogP contribution in [0.1, 0.15) is 15.9 Å². The molecule has 2 atom stereocenters. The molecule has 0 amide bonds. The van der Waals surface area contributed by atoms with Crippen molar-refractivity contribution in [3.63, 3.8) is 0 Å². The molecular weight excluding hydrogens is 288 g/mol. The van der Waals surface area contributed by atoms with E-state index in [4.69, 9.17) is 0 Å². The predicted octanol–water partition coefficient (Wildman–Crippen LogP) is 2.26. The average Bonchev–Trinajstić information content (AvgIpc) is 3.21. The number of phenolic OH excluding ortho intramolecular Hbond substituents is 1. The number of carbonyl (C=O) groups is 1. The fourth-order valence-corrected chi connectivity index (χ4v) is 4.32. The molecule has 0 aromatic heterocycles. The number of benzene rings is 2. The van der Waals surface area contributed by atoms with Crippen molar-refractivity contribution in [1.29, 1.82) is 0 Å². The van der Waals surface area contributed by atoms with Gasteiger partial charge in [0.15, 0.2) is 5.78 Å². The zero-order chi connectivity index (χ0) is 15.6. The summed E-state index contributed by atoms with van der Waals surface area (Å²) in [6.07, 6.45) is 0. The van der Waals surface area contributed by atoms with Gasteiger partial charge in [-0.2, -0.15) is 0 Å². The standard InChI is InChI=1S/C19H18N2O2/c22-14-2-4-16-15-3-1-13(5-17(15)19(23)18(16)6-14)21-9-11-7-20-8-12(11)10-21/h1-6,11-12,20,22H,7-10H2. The summed E-state index contributed by atoms with van der Waals surface area (Å²) >= 11 is 0. The third-order valence-corrected chi connectivity index (χ3v) is 5.54. The van der Waals surface area contributed by atoms with Crippen molar-refractivity contribution < 1.29 is 9.90 Å². The lowest BCUT2D eigenvalue weighted by Crippen LogP contribution is -2.25. The fourth-order valence-electron chi connectivity index (χ4n) is 4.32. The second-order valence-electron chi connectivity index (χ2n) is 6.87. The lowest BCUT2D eigenvalue weighted by molar-refractivity contribution is 0.104. The molecule has 2 saturated heterocycles. The fraction of sp³-hybridized carbons (Fsp3) is 0.316. The van der Waals surface area contributed by atoms with Gasteiger partial charge in [-0.25, -0.2) is 0 Å². The quantitative estimate of drug-likeness (QED) is 0.724. The van der Waals surface area contributed by atoms with Crippen LogP contribution < -0.4 is 10.2 Å². The highest BCUT2D eigenvalue weighted by Crippen LogP contribution is 2.40. The number of aromatic hydroxyl groups is 1. The van der Waals surface area contributed by atoms with E-state index in [0.29, 0.717) is 5.56 Å². The number of hydrogen-bond donors (Lipinski definition) is 2. The van der Waals surface area contributed by atoms with Crippen LogP contribution in [0.4, 0.5) is 5.69 Å². The monoisotopic (exact) mass is 306 g/mol. The van der Waals surface area contributed by atoms with E-state index >= 15 is 0 Å². The smallest absolute Gasteiger partial charge is 0.194 e. The van der Waals surface area contributed by atoms with Gasteiger partial charge in [0, 0.05) is 43.0 Å². The number of hydrogen-bond acceptors (Lipinski definition) is 4. The summed E-state index contributed by atoms with van der Waals surface area (Å²) in [5.41, 5.74) is 4.42. The number of phenols is 1. The van der Waals surface area contributed by atoms with Crippen LogP contribution in [0.5, 0.6) is 5.75 Å². The first kappa shape index (κ1) is 13.1. The van der Waals surface area contributed by atoms with Crippen LogP contribution in [-0.4, -0.2) is 37.1 Å². The Labute approximate surface area is 134 Å². The average molecular weight is 306 g/mol. The van der Waals surface area contributed by atoms with Gasteiger partial charge >= 0.3 is 0 Å². The molecule has 2 unspecified atom stereocenters. The van der Waals surface area contributed by atoms with E-state index in [0.717, 1.165) is 60.4 Å². The minimum absolute atomic E-state index is 0.0220. The first-order valence-corrected chi connectivity index (χ1v) is 8.18. The number of rotatable bonds is 1. The van der Waals surface area contributed by atoms with Gasteiger partial charge in [-0.05, 0) is 53.3 Å². The molecule has 5 rings (SSSR count). The zero-order valence-electron chi connectivity index (χ0n) is 12.7. The molecule has 3 aliphatic rings. The summed E-state index contributed by atoms with van der Waals surface area (Å²) in [5.74, 6) is 1.63. The van der Waals surface area contributed by atoms with Crippen LogP contribution in [0.3, 0.4) is 0 Å². The summed E-state index contributed by atoms with van der Waals surface area (Å²) in [6.45, 7) is 4.35. The highest BCUT2D eigenvalue weighted by atomic mass is 16.3. The number of nitrogens with zero attached hydrogens (tertiary/aromatic N) is 1. The van der Waals surface area contributed by atoms with Crippen LogP contribution in [0.25, 0.3) is 11.1 Å². The van der Waals surface area contributed by atoms with Crippen molar-refractivity contribution in [3.05, 3.63) is 47.5 Å². The van der Waals surface area contributed by atoms with Crippen LogP contribution in [-0.2, 0) is 0 Å². The van der Waals surface area contributed by atoms with E-state index < -0.39 is 0 Å². The molecule has 23 heavy (non-hydrogen) atoms. The van der Waals surface area contributed by atoms with Crippen molar-refractivity contribution in [2.24, 2.45) is 11.8 Å². The van der Waals surface area contributed by atoms with Gasteiger partial charge in [-0.15, -0.1) is 0 Å². The molecule has 0 spiro atoms. The van der Waals surface area contributed by atoms with Gasteiger partial charge in [0.1, 0.15) is 5.75 Å². The number of ketones is 1. The van der Waals surface area contributed by atoms with Gasteiger partial charge in [0.05, 0.1) is 0 Å². The summed E-state index contributed by atoms with van der Waals surface area (Å²) in [6, 6.07) is 11.3. The van der Waals surface area contributed by atoms with Crippen molar-refractivity contribution in [1.82, 2.24) is 5.32 Å². The van der Waals surface area contributed by atoms with E-state index in [-0.39, 0.29) is 11.5 Å². The minimum atomic E-state index is 0.0220. The number of anilines is 1. The number of carbonyl (C=O) groups excluding carboxylic acids is 1. The van der Waals surface area contributed by atoms with E-state index in [9.17, 15) is 9.90 Å². The molecule has 1 aliphatic carbocycles. The molecule has 116 valence electrons. The molecule has 4 nitrogen and oxygen atoms in total. The van der Waals surface area contributed by atoms with E-state index in [1.165, 1.54) is 0 Å². The normalized spacial score (nSPS) is 24.7. The van der Waals surface area contributed by atoms with Crippen LogP contribution >= 0.6 is 0 Å². The summed E-state index contributed by atoms with van der Waals surface area (Å²) in [5, 5.41) is 13.1. The van der Waals surface area contributed by atoms with Crippen molar-refractivity contribution in [2.75, 3.05) is 31.1 Å². The van der Waals surface area contributed by atoms with Crippen LogP contribution in [0.2, 0.25) is 0 Å². The summed E-state index contributed by atoms with van der Waals surface area (Å²) < 4.78 is 0. The van der Waals surface area contributed by atoms with Gasteiger partial charge < -0.3 is 15.3 Å². The zero-order valence-corrected chi connectivity index (χ0v) is 12.7. The minimum Gasteiger partial charge on any atom is -0.508 e. The molecule has 2 heterocycles. The van der Waals surface area contributed by atoms with Crippen LogP contribution in [0, 0.1) is 11.8 Å². The highest BCUT2D eigenvalue weighted by Gasteiger charge is 2.37. The first-order chi connectivity index (χ1) is 11.2. The molecule has 2 aliphatic heterocycles. The van der Waals surface area contributed by atoms with Crippen molar-refractivity contribution in [3.8, 4) is 16.9 Å². The molecule has 2 aromatic carbocycles. The Morgan fingerprint density at radius 1 is 0.913 bits per heavy atom. The van der Waals surface area contributed by atoms with E-state index in [1.807, 2.05) is 12.1 Å². The second kappa shape index (κ2) is 4.59. The maximum atomic E-state index is 12.7. The number of fused-ring (bicyclic) bond motifs is 4. The summed E-state index contributed by atoms with van der Waals surface area (Å²) in [4.78, 5) is 15.1. The van der Waals surface area contributed by atoms with E-state index in [1.54, 1.807) is 12.1 Å². The predicted molar refractivity (Wildman–Crippen MR) is 89.0 cm³/mol. The molecular formula is C19H18N2O2. The third-order valence-electron chi connectivity index (χ3n) is 5.54. The molecule has 0 bridgehead atoms. The Balaban J connectivity index is 1.53. The van der Waals surface area contributed by atoms with E-state index in [2.05, 4.69) is 22.3 Å². The Morgan fingerprint density at radius 2 is 1.57 bits per heavy atom. The van der Waals surface area contributed by atoms with Crippen LogP contribution in [0.15, 0.2) is 36.4 Å². The lowest BCUT2D eigenvalue weighted by atomic mass is 10.0. The SMILES string of the molecule is O=C1c2cc(O)ccc2-c2ccc(N3CC4CNCC4C3)cc21. The Bertz CT molecular complexity index is 818. The Kier molecular flexibility index (Phi) is 2.62. The Hall–Kier alpha value is -2.33. The molecule has 0 saturated carbocycles. The van der Waals surface area contributed by atoms with Crippen molar-refractivity contribution in [2.45, 2.75) is 0 Å². The molecule has 0 radical (unpaired) electrons. The highest BCUT2D eigenvalue weighted by molar-refractivity contribution is 6.22. The third kappa shape index (κ3) is 1.85. The maximum Gasteiger partial charge on any atom is 0.194 e. The number of nitrogens with one attached hydrogen (secondary N) is 1. The molecule has 2 aromatic rings. The largest absolute Gasteiger partial charge is 0.508 e.